The summed E-state index contributed by atoms with van der Waals surface area (Å²) in [6, 6.07) is 1.87. The molecular formula is C18H24BrNO2. The zero-order valence-electron chi connectivity index (χ0n) is 13.4. The van der Waals surface area contributed by atoms with Crippen molar-refractivity contribution in [2.45, 2.75) is 45.4 Å². The van der Waals surface area contributed by atoms with Gasteiger partial charge in [0.05, 0.1) is 0 Å². The summed E-state index contributed by atoms with van der Waals surface area (Å²) in [6.45, 7) is 2.83. The molecule has 4 bridgehead atoms. The van der Waals surface area contributed by atoms with Crippen molar-refractivity contribution in [1.29, 1.82) is 0 Å². The summed E-state index contributed by atoms with van der Waals surface area (Å²) >= 11 is 3.32. The summed E-state index contributed by atoms with van der Waals surface area (Å²) < 4.78 is 6.18. The summed E-state index contributed by atoms with van der Waals surface area (Å²) in [5, 5.41) is 0. The van der Waals surface area contributed by atoms with Crippen molar-refractivity contribution in [2.24, 2.45) is 23.2 Å². The van der Waals surface area contributed by atoms with Crippen LogP contribution in [0.25, 0.3) is 0 Å². The van der Waals surface area contributed by atoms with Gasteiger partial charge in [-0.25, -0.2) is 0 Å². The Labute approximate surface area is 140 Å². The zero-order valence-corrected chi connectivity index (χ0v) is 15.0. The summed E-state index contributed by atoms with van der Waals surface area (Å²) in [7, 11) is 1.94. The molecule has 0 N–H and O–H groups in total. The maximum atomic E-state index is 12.7. The van der Waals surface area contributed by atoms with Gasteiger partial charge in [0.1, 0.15) is 0 Å². The molecule has 4 saturated carbocycles. The van der Waals surface area contributed by atoms with Gasteiger partial charge in [-0.15, -0.1) is 0 Å². The highest BCUT2D eigenvalue weighted by atomic mass is 79.9. The van der Waals surface area contributed by atoms with Crippen LogP contribution in [0, 0.1) is 30.1 Å². The highest BCUT2D eigenvalue weighted by molar-refractivity contribution is 9.10. The molecule has 1 aromatic heterocycles. The fourth-order valence-corrected chi connectivity index (χ4v) is 6.39. The van der Waals surface area contributed by atoms with Gasteiger partial charge in [-0.2, -0.15) is 0 Å². The largest absolute Gasteiger partial charge is 0.444 e. The predicted molar refractivity (Wildman–Crippen MR) is 88.7 cm³/mol. The lowest BCUT2D eigenvalue weighted by Gasteiger charge is -2.57. The first-order valence-corrected chi connectivity index (χ1v) is 9.25. The lowest BCUT2D eigenvalue weighted by molar-refractivity contribution is -0.0631. The van der Waals surface area contributed by atoms with E-state index in [9.17, 15) is 4.79 Å². The minimum atomic E-state index is 0.0268. The Morgan fingerprint density at radius 2 is 1.82 bits per heavy atom. The third kappa shape index (κ3) is 2.44. The van der Waals surface area contributed by atoms with Crippen LogP contribution in [-0.4, -0.2) is 24.4 Å². The molecule has 5 rings (SSSR count). The van der Waals surface area contributed by atoms with Crippen LogP contribution in [-0.2, 0) is 0 Å². The molecule has 4 heteroatoms. The lowest BCUT2D eigenvalue weighted by Crippen LogP contribution is -2.51. The molecule has 0 atom stereocenters. The summed E-state index contributed by atoms with van der Waals surface area (Å²) in [5.74, 6) is 3.29. The van der Waals surface area contributed by atoms with E-state index in [4.69, 9.17) is 4.42 Å². The Morgan fingerprint density at radius 1 is 1.27 bits per heavy atom. The van der Waals surface area contributed by atoms with Crippen molar-refractivity contribution in [3.05, 3.63) is 22.1 Å². The van der Waals surface area contributed by atoms with Crippen molar-refractivity contribution >= 4 is 21.8 Å². The van der Waals surface area contributed by atoms with Crippen LogP contribution in [0.3, 0.4) is 0 Å². The van der Waals surface area contributed by atoms with Crippen LogP contribution >= 0.6 is 15.9 Å². The van der Waals surface area contributed by atoms with Crippen molar-refractivity contribution in [1.82, 2.24) is 4.90 Å². The zero-order chi connectivity index (χ0) is 15.5. The van der Waals surface area contributed by atoms with E-state index >= 15 is 0 Å². The smallest absolute Gasteiger partial charge is 0.289 e. The van der Waals surface area contributed by atoms with E-state index < -0.39 is 0 Å². The minimum absolute atomic E-state index is 0.0268. The third-order valence-electron chi connectivity index (χ3n) is 6.17. The van der Waals surface area contributed by atoms with Gasteiger partial charge < -0.3 is 9.32 Å². The monoisotopic (exact) mass is 365 g/mol. The van der Waals surface area contributed by atoms with Crippen LogP contribution in [0.5, 0.6) is 0 Å². The molecule has 0 aromatic carbocycles. The standard InChI is InChI=1S/C18H24BrNO2/c1-11-3-15(19)22-16(11)17(21)20(2)10-18-7-12-4-13(8-18)6-14(5-12)9-18/h3,12-14H,4-10H2,1-2H3. The van der Waals surface area contributed by atoms with Gasteiger partial charge in [0.15, 0.2) is 10.4 Å². The Balaban J connectivity index is 1.51. The van der Waals surface area contributed by atoms with Gasteiger partial charge in [0, 0.05) is 19.2 Å². The van der Waals surface area contributed by atoms with Crippen molar-refractivity contribution < 1.29 is 9.21 Å². The normalized spacial score (nSPS) is 35.9. The number of nitrogens with zero attached hydrogens (tertiary/aromatic N) is 1. The van der Waals surface area contributed by atoms with Crippen LogP contribution in [0.4, 0.5) is 0 Å². The van der Waals surface area contributed by atoms with Crippen LogP contribution < -0.4 is 0 Å². The number of aryl methyl sites for hydroxylation is 1. The Morgan fingerprint density at radius 3 is 2.27 bits per heavy atom. The summed E-state index contributed by atoms with van der Waals surface area (Å²) in [5.41, 5.74) is 1.30. The maximum absolute atomic E-state index is 12.7. The molecule has 0 spiro atoms. The van der Waals surface area contributed by atoms with E-state index in [1.165, 1.54) is 38.5 Å². The molecule has 4 fully saturated rings. The van der Waals surface area contributed by atoms with Gasteiger partial charge in [0.2, 0.25) is 0 Å². The fraction of sp³-hybridized carbons (Fsp3) is 0.722. The van der Waals surface area contributed by atoms with E-state index in [0.717, 1.165) is 29.9 Å². The topological polar surface area (TPSA) is 33.5 Å². The Bertz CT molecular complexity index is 571. The molecule has 0 radical (unpaired) electrons. The average Bonchev–Trinajstić information content (AvgIpc) is 2.74. The highest BCUT2D eigenvalue weighted by Gasteiger charge is 2.51. The van der Waals surface area contributed by atoms with Crippen LogP contribution in [0.1, 0.15) is 54.6 Å². The number of carbonyl (C=O) groups is 1. The molecule has 0 aliphatic heterocycles. The van der Waals surface area contributed by atoms with E-state index in [1.807, 2.05) is 24.9 Å². The van der Waals surface area contributed by atoms with E-state index in [-0.39, 0.29) is 5.91 Å². The van der Waals surface area contributed by atoms with Gasteiger partial charge >= 0.3 is 0 Å². The second-order valence-electron chi connectivity index (χ2n) is 8.14. The molecule has 22 heavy (non-hydrogen) atoms. The molecule has 1 aromatic rings. The number of carbonyl (C=O) groups excluding carboxylic acids is 1. The fourth-order valence-electron chi connectivity index (χ4n) is 5.89. The lowest BCUT2D eigenvalue weighted by atomic mass is 9.49. The predicted octanol–water partition coefficient (Wildman–Crippen LogP) is 4.64. The van der Waals surface area contributed by atoms with Crippen LogP contribution in [0.15, 0.2) is 15.2 Å². The SMILES string of the molecule is Cc1cc(Br)oc1C(=O)N(C)CC12CC3CC(CC(C3)C1)C2. The van der Waals surface area contributed by atoms with Crippen LogP contribution in [0.2, 0.25) is 0 Å². The first-order chi connectivity index (χ1) is 10.4. The third-order valence-corrected chi connectivity index (χ3v) is 6.56. The Hall–Kier alpha value is -0.770. The average molecular weight is 366 g/mol. The number of hydrogen-bond acceptors (Lipinski definition) is 2. The molecule has 1 heterocycles. The Kier molecular flexibility index (Phi) is 3.44. The van der Waals surface area contributed by atoms with Gasteiger partial charge in [0.25, 0.3) is 5.91 Å². The quantitative estimate of drug-likeness (QED) is 0.781. The number of furan rings is 1. The second kappa shape index (κ2) is 5.12. The second-order valence-corrected chi connectivity index (χ2v) is 8.92. The number of hydrogen-bond donors (Lipinski definition) is 0. The van der Waals surface area contributed by atoms with Gasteiger partial charge in [-0.3, -0.25) is 4.79 Å². The first kappa shape index (κ1) is 14.8. The molecule has 4 aliphatic rings. The van der Waals surface area contributed by atoms with Crippen molar-refractivity contribution in [2.75, 3.05) is 13.6 Å². The molecule has 3 nitrogen and oxygen atoms in total. The van der Waals surface area contributed by atoms with E-state index in [0.29, 0.717) is 15.8 Å². The maximum Gasteiger partial charge on any atom is 0.289 e. The highest BCUT2D eigenvalue weighted by Crippen LogP contribution is 2.60. The first-order valence-electron chi connectivity index (χ1n) is 8.45. The number of halogens is 1. The van der Waals surface area contributed by atoms with E-state index in [1.54, 1.807) is 0 Å². The van der Waals surface area contributed by atoms with Crippen molar-refractivity contribution in [3.8, 4) is 0 Å². The molecule has 0 saturated heterocycles. The number of amides is 1. The molecular weight excluding hydrogens is 342 g/mol. The van der Waals surface area contributed by atoms with Crippen molar-refractivity contribution in [3.63, 3.8) is 0 Å². The van der Waals surface area contributed by atoms with Gasteiger partial charge in [-0.05, 0) is 90.6 Å². The molecule has 120 valence electrons. The molecule has 0 unspecified atom stereocenters. The molecule has 4 aliphatic carbocycles. The minimum Gasteiger partial charge on any atom is -0.444 e. The number of rotatable bonds is 3. The van der Waals surface area contributed by atoms with E-state index in [2.05, 4.69) is 15.9 Å². The summed E-state index contributed by atoms with van der Waals surface area (Å²) in [6.07, 6.45) is 8.33. The van der Waals surface area contributed by atoms with Gasteiger partial charge in [-0.1, -0.05) is 0 Å². The molecule has 1 amide bonds. The summed E-state index contributed by atoms with van der Waals surface area (Å²) in [4.78, 5) is 14.6.